The van der Waals surface area contributed by atoms with Crippen LogP contribution in [0.1, 0.15) is 56.6 Å². The first-order chi connectivity index (χ1) is 19.2. The van der Waals surface area contributed by atoms with Gasteiger partial charge in [0.15, 0.2) is 17.2 Å². The molecule has 3 N–H and O–H groups in total. The maximum Gasteiger partial charge on any atom is 0.291 e. The van der Waals surface area contributed by atoms with Crippen LogP contribution in [0.2, 0.25) is 0 Å². The normalized spacial score (nSPS) is 12.6. The van der Waals surface area contributed by atoms with Crippen molar-refractivity contribution >= 4 is 50.4 Å². The number of nitrogens with zero attached hydrogens (tertiary/aromatic N) is 4. The summed E-state index contributed by atoms with van der Waals surface area (Å²) in [5.41, 5.74) is 10.7. The molecule has 40 heavy (non-hydrogen) atoms. The summed E-state index contributed by atoms with van der Waals surface area (Å²) in [6, 6.07) is 14.6. The Bertz CT molecular complexity index is 1890. The molecule has 0 amide bonds. The number of thiazole rings is 1. The number of hydrogen-bond acceptors (Lipinski definition) is 8. The number of nitrogens with two attached hydrogens (primary N) is 1. The first-order valence-electron chi connectivity index (χ1n) is 12.7. The second kappa shape index (κ2) is 10.8. The number of allylic oxidation sites excluding steroid dienone is 2. The maximum absolute atomic E-state index is 13.5. The Balaban J connectivity index is 1.55. The molecule has 2 aromatic carbocycles. The molecule has 0 bridgehead atoms. The van der Waals surface area contributed by atoms with Crippen LogP contribution in [0.3, 0.4) is 0 Å². The lowest BCUT2D eigenvalue weighted by Crippen LogP contribution is -2.24. The molecule has 0 aliphatic carbocycles. The molecule has 0 aliphatic heterocycles. The predicted molar refractivity (Wildman–Crippen MR) is 158 cm³/mol. The van der Waals surface area contributed by atoms with Gasteiger partial charge in [0.2, 0.25) is 0 Å². The van der Waals surface area contributed by atoms with Gasteiger partial charge in [-0.3, -0.25) is 14.4 Å². The third-order valence-corrected chi connectivity index (χ3v) is 8.15. The van der Waals surface area contributed by atoms with Crippen LogP contribution in [0.15, 0.2) is 71.3 Å². The van der Waals surface area contributed by atoms with Gasteiger partial charge >= 0.3 is 0 Å². The molecule has 0 spiro atoms. The molecule has 0 fully saturated rings. The number of carbonyl (C=O) groups excluding carboxylic acids is 2. The quantitative estimate of drug-likeness (QED) is 0.202. The highest BCUT2D eigenvalue weighted by molar-refractivity contribution is 7.19. The summed E-state index contributed by atoms with van der Waals surface area (Å²) in [5, 5.41) is 13.4. The molecule has 9 nitrogen and oxygen atoms in total. The summed E-state index contributed by atoms with van der Waals surface area (Å²) in [7, 11) is 1.80. The van der Waals surface area contributed by atoms with Crippen LogP contribution in [0.25, 0.3) is 21.3 Å². The van der Waals surface area contributed by atoms with Gasteiger partial charge in [0.25, 0.3) is 5.56 Å². The minimum absolute atomic E-state index is 0.0161. The van der Waals surface area contributed by atoms with Gasteiger partial charge in [-0.2, -0.15) is 5.10 Å². The number of Topliss-reactive ketones (excluding diaryl/α,β-unsaturated/α-hetero) is 2. The molecule has 5 rings (SSSR count). The lowest BCUT2D eigenvalue weighted by Gasteiger charge is -2.15. The molecule has 0 aliphatic rings. The highest BCUT2D eigenvalue weighted by Crippen LogP contribution is 2.37. The summed E-state index contributed by atoms with van der Waals surface area (Å²) < 4.78 is 4.00. The van der Waals surface area contributed by atoms with Crippen molar-refractivity contribution in [2.45, 2.75) is 32.7 Å². The van der Waals surface area contributed by atoms with Gasteiger partial charge in [0.05, 0.1) is 23.4 Å². The van der Waals surface area contributed by atoms with E-state index in [9.17, 15) is 14.4 Å². The van der Waals surface area contributed by atoms with E-state index in [1.165, 1.54) is 29.9 Å². The molecule has 1 unspecified atom stereocenters. The third-order valence-electron chi connectivity index (χ3n) is 6.96. The van der Waals surface area contributed by atoms with E-state index in [4.69, 9.17) is 16.1 Å². The van der Waals surface area contributed by atoms with E-state index in [0.717, 1.165) is 27.0 Å². The monoisotopic (exact) mass is 552 g/mol. The SMILES string of the molecule is CC(=O)c1cccc(CC(C(N)=CC=N)c2nc3c(s2)c2cnn(Cc4cccc(C(C)=O)c4)c(=O)c2n3C)c1. The summed E-state index contributed by atoms with van der Waals surface area (Å²) >= 11 is 1.44. The van der Waals surface area contributed by atoms with E-state index < -0.39 is 0 Å². The molecule has 0 saturated heterocycles. The maximum atomic E-state index is 13.5. The van der Waals surface area contributed by atoms with E-state index in [1.807, 2.05) is 24.3 Å². The predicted octanol–water partition coefficient (Wildman–Crippen LogP) is 4.62. The zero-order valence-corrected chi connectivity index (χ0v) is 23.2. The van der Waals surface area contributed by atoms with Crippen molar-refractivity contribution in [1.82, 2.24) is 19.3 Å². The van der Waals surface area contributed by atoms with E-state index in [0.29, 0.717) is 39.8 Å². The average molecular weight is 553 g/mol. The highest BCUT2D eigenvalue weighted by atomic mass is 32.1. The van der Waals surface area contributed by atoms with Crippen LogP contribution < -0.4 is 11.3 Å². The minimum atomic E-state index is -0.321. The van der Waals surface area contributed by atoms with Crippen molar-refractivity contribution in [3.05, 3.63) is 104 Å². The van der Waals surface area contributed by atoms with Crippen molar-refractivity contribution in [2.75, 3.05) is 0 Å². The van der Waals surface area contributed by atoms with Crippen molar-refractivity contribution in [1.29, 1.82) is 5.41 Å². The van der Waals surface area contributed by atoms with E-state index in [1.54, 1.807) is 48.2 Å². The van der Waals surface area contributed by atoms with Crippen LogP contribution in [-0.4, -0.2) is 37.1 Å². The Hall–Kier alpha value is -4.70. The van der Waals surface area contributed by atoms with E-state index in [2.05, 4.69) is 5.10 Å². The standard InChI is InChI=1S/C30H28N6O3S/c1-17(37)21-8-4-6-19(12-21)14-23(25(32)10-11-31)29-34-28-27(40-29)24-15-33-36(30(39)26(24)35(28)3)16-20-7-5-9-22(13-20)18(2)38/h4-13,15,23,31H,14,16,32H2,1-3H3. The molecule has 202 valence electrons. The van der Waals surface area contributed by atoms with Crippen LogP contribution in [-0.2, 0) is 20.0 Å². The second-order valence-electron chi connectivity index (χ2n) is 9.74. The summed E-state index contributed by atoms with van der Waals surface area (Å²) in [6.07, 6.45) is 4.87. The number of carbonyl (C=O) groups is 2. The van der Waals surface area contributed by atoms with Crippen LogP contribution in [0.5, 0.6) is 0 Å². The number of nitrogens with one attached hydrogen (secondary N) is 1. The number of aromatic nitrogens is 4. The first kappa shape index (κ1) is 26.9. The fraction of sp³-hybridized carbons (Fsp3) is 0.200. The van der Waals surface area contributed by atoms with Gasteiger partial charge in [-0.15, -0.1) is 11.3 Å². The van der Waals surface area contributed by atoms with Gasteiger partial charge in [0, 0.05) is 35.5 Å². The Morgan fingerprint density at radius 2 is 1.73 bits per heavy atom. The number of fused-ring (bicyclic) bond motifs is 3. The van der Waals surface area contributed by atoms with Crippen LogP contribution in [0, 0.1) is 5.41 Å². The fourth-order valence-corrected chi connectivity index (χ4v) is 6.08. The lowest BCUT2D eigenvalue weighted by molar-refractivity contribution is 0.100. The number of rotatable bonds is 9. The number of hydrogen-bond donors (Lipinski definition) is 2. The molecule has 3 aromatic heterocycles. The second-order valence-corrected chi connectivity index (χ2v) is 10.8. The zero-order chi connectivity index (χ0) is 28.6. The van der Waals surface area contributed by atoms with E-state index >= 15 is 0 Å². The molecule has 0 saturated carbocycles. The van der Waals surface area contributed by atoms with Crippen molar-refractivity contribution in [3.63, 3.8) is 0 Å². The summed E-state index contributed by atoms with van der Waals surface area (Å²) in [6.45, 7) is 3.28. The van der Waals surface area contributed by atoms with Crippen molar-refractivity contribution in [2.24, 2.45) is 12.8 Å². The largest absolute Gasteiger partial charge is 0.401 e. The lowest BCUT2D eigenvalue weighted by atomic mass is 9.95. The van der Waals surface area contributed by atoms with Gasteiger partial charge < -0.3 is 15.7 Å². The number of aryl methyl sites for hydroxylation is 1. The van der Waals surface area contributed by atoms with Gasteiger partial charge in [-0.25, -0.2) is 9.67 Å². The molecule has 10 heteroatoms. The Morgan fingerprint density at radius 1 is 1.07 bits per heavy atom. The average Bonchev–Trinajstić information content (AvgIpc) is 3.48. The van der Waals surface area contributed by atoms with Gasteiger partial charge in [-0.05, 0) is 49.6 Å². The van der Waals surface area contributed by atoms with Gasteiger partial charge in [-0.1, -0.05) is 36.4 Å². The van der Waals surface area contributed by atoms with Gasteiger partial charge in [0.1, 0.15) is 10.5 Å². The smallest absolute Gasteiger partial charge is 0.291 e. The number of ketones is 2. The Labute approximate surface area is 234 Å². The van der Waals surface area contributed by atoms with Crippen LogP contribution >= 0.6 is 11.3 Å². The summed E-state index contributed by atoms with van der Waals surface area (Å²) in [4.78, 5) is 42.1. The number of benzene rings is 2. The minimum Gasteiger partial charge on any atom is -0.401 e. The zero-order valence-electron chi connectivity index (χ0n) is 22.3. The molecule has 0 radical (unpaired) electrons. The van der Waals surface area contributed by atoms with Crippen molar-refractivity contribution < 1.29 is 9.59 Å². The molecule has 1 atom stereocenters. The van der Waals surface area contributed by atoms with E-state index in [-0.39, 0.29) is 29.6 Å². The fourth-order valence-electron chi connectivity index (χ4n) is 4.84. The van der Waals surface area contributed by atoms with Crippen LogP contribution in [0.4, 0.5) is 0 Å². The molecule has 3 heterocycles. The van der Waals surface area contributed by atoms with Crippen molar-refractivity contribution in [3.8, 4) is 0 Å². The first-order valence-corrected chi connectivity index (χ1v) is 13.5. The molecular formula is C30H28N6O3S. The molecular weight excluding hydrogens is 524 g/mol. The Kier molecular flexibility index (Phi) is 7.27. The topological polar surface area (TPSA) is 137 Å². The third kappa shape index (κ3) is 5.01. The molecule has 5 aromatic rings. The summed E-state index contributed by atoms with van der Waals surface area (Å²) in [5.74, 6) is -0.376. The Morgan fingerprint density at radius 3 is 2.38 bits per heavy atom. The highest BCUT2D eigenvalue weighted by Gasteiger charge is 2.24.